The van der Waals surface area contributed by atoms with Crippen LogP contribution in [0.3, 0.4) is 0 Å². The molecule has 1 heterocycles. The van der Waals surface area contributed by atoms with Crippen LogP contribution >= 0.6 is 11.8 Å². The average Bonchev–Trinajstić information content (AvgIpc) is 2.95. The Bertz CT molecular complexity index is 701. The highest BCUT2D eigenvalue weighted by molar-refractivity contribution is 8.02. The lowest BCUT2D eigenvalue weighted by atomic mass is 9.96. The molecule has 3 rings (SSSR count). The van der Waals surface area contributed by atoms with Crippen molar-refractivity contribution < 1.29 is 10.2 Å². The molecule has 134 valence electrons. The number of phenols is 2. The minimum Gasteiger partial charge on any atom is -0.505 e. The fourth-order valence-corrected chi connectivity index (χ4v) is 4.14. The molecule has 1 aromatic carbocycles. The molecule has 1 atom stereocenters. The van der Waals surface area contributed by atoms with Crippen molar-refractivity contribution in [3.8, 4) is 11.5 Å². The zero-order valence-electron chi connectivity index (χ0n) is 14.1. The zero-order valence-corrected chi connectivity index (χ0v) is 14.9. The maximum absolute atomic E-state index is 10.7. The Morgan fingerprint density at radius 2 is 2.04 bits per heavy atom. The maximum atomic E-state index is 10.7. The van der Waals surface area contributed by atoms with Crippen molar-refractivity contribution in [3.05, 3.63) is 33.7 Å². The Morgan fingerprint density at radius 1 is 1.28 bits per heavy atom. The summed E-state index contributed by atoms with van der Waals surface area (Å²) in [6, 6.07) is 3.31. The minimum atomic E-state index is -0.371. The van der Waals surface area contributed by atoms with Crippen LogP contribution in [0.5, 0.6) is 11.5 Å². The van der Waals surface area contributed by atoms with Crippen LogP contribution in [-0.2, 0) is 0 Å². The van der Waals surface area contributed by atoms with E-state index in [1.807, 2.05) is 17.3 Å². The highest BCUT2D eigenvalue weighted by Crippen LogP contribution is 2.38. The van der Waals surface area contributed by atoms with E-state index in [1.165, 1.54) is 50.5 Å². The summed E-state index contributed by atoms with van der Waals surface area (Å²) >= 11 is 1.67. The molecule has 8 heteroatoms. The number of thioether (sulfide) groups is 1. The Labute approximate surface area is 150 Å². The van der Waals surface area contributed by atoms with Gasteiger partial charge in [0.25, 0.3) is 0 Å². The Kier molecular flexibility index (Phi) is 5.60. The second-order valence-electron chi connectivity index (χ2n) is 6.30. The summed E-state index contributed by atoms with van der Waals surface area (Å²) in [5.74, 6) is -0.724. The first kappa shape index (κ1) is 17.8. The molecule has 1 unspecified atom stereocenters. The van der Waals surface area contributed by atoms with Gasteiger partial charge in [-0.1, -0.05) is 31.0 Å². The van der Waals surface area contributed by atoms with Crippen LogP contribution in [0.1, 0.15) is 44.6 Å². The molecule has 1 aliphatic carbocycles. The van der Waals surface area contributed by atoms with Crippen LogP contribution in [0, 0.1) is 4.91 Å². The van der Waals surface area contributed by atoms with Crippen LogP contribution < -0.4 is 5.32 Å². The summed E-state index contributed by atoms with van der Waals surface area (Å²) in [7, 11) is 0. The van der Waals surface area contributed by atoms with E-state index >= 15 is 0 Å². The van der Waals surface area contributed by atoms with E-state index in [2.05, 4.69) is 15.6 Å². The van der Waals surface area contributed by atoms with Crippen molar-refractivity contribution in [2.45, 2.75) is 50.6 Å². The second-order valence-corrected chi connectivity index (χ2v) is 7.26. The molecule has 25 heavy (non-hydrogen) atoms. The first-order valence-electron chi connectivity index (χ1n) is 8.40. The van der Waals surface area contributed by atoms with Crippen LogP contribution in [0.4, 0.5) is 5.69 Å². The highest BCUT2D eigenvalue weighted by Gasteiger charge is 2.27. The number of aromatic hydroxyl groups is 2. The van der Waals surface area contributed by atoms with E-state index in [4.69, 9.17) is 0 Å². The van der Waals surface area contributed by atoms with Crippen LogP contribution in [0.2, 0.25) is 0 Å². The van der Waals surface area contributed by atoms with Gasteiger partial charge in [0.05, 0.1) is 6.21 Å². The van der Waals surface area contributed by atoms with Crippen molar-refractivity contribution in [2.75, 3.05) is 0 Å². The second kappa shape index (κ2) is 7.88. The lowest BCUT2D eigenvalue weighted by molar-refractivity contribution is 0.260. The van der Waals surface area contributed by atoms with Crippen molar-refractivity contribution in [1.29, 1.82) is 0 Å². The van der Waals surface area contributed by atoms with Gasteiger partial charge in [0.1, 0.15) is 5.75 Å². The summed E-state index contributed by atoms with van der Waals surface area (Å²) in [5, 5.41) is 34.2. The molecule has 0 bridgehead atoms. The number of rotatable bonds is 5. The minimum absolute atomic E-state index is 0.0160. The number of hydrazone groups is 1. The number of nitrogens with zero attached hydrogens (tertiary/aromatic N) is 3. The van der Waals surface area contributed by atoms with Crippen LogP contribution in [0.25, 0.3) is 0 Å². The van der Waals surface area contributed by atoms with Gasteiger partial charge < -0.3 is 10.2 Å². The van der Waals surface area contributed by atoms with E-state index < -0.39 is 0 Å². The van der Waals surface area contributed by atoms with Gasteiger partial charge in [0.15, 0.2) is 16.9 Å². The van der Waals surface area contributed by atoms with Gasteiger partial charge in [-0.3, -0.25) is 5.32 Å². The molecule has 1 aromatic rings. The van der Waals surface area contributed by atoms with E-state index in [0.717, 1.165) is 5.70 Å². The molecule has 2 aliphatic rings. The molecule has 1 fully saturated rings. The van der Waals surface area contributed by atoms with E-state index in [-0.39, 0.29) is 22.7 Å². The number of hydrogen-bond acceptors (Lipinski definition) is 8. The normalized spacial score (nSPS) is 21.7. The van der Waals surface area contributed by atoms with Crippen LogP contribution in [0.15, 0.2) is 33.5 Å². The lowest BCUT2D eigenvalue weighted by Crippen LogP contribution is -2.43. The lowest BCUT2D eigenvalue weighted by Gasteiger charge is -2.30. The van der Waals surface area contributed by atoms with E-state index in [0.29, 0.717) is 11.6 Å². The monoisotopic (exact) mass is 362 g/mol. The Hall–Kier alpha value is -2.06. The molecule has 0 saturated heterocycles. The first-order chi connectivity index (χ1) is 12.1. The summed E-state index contributed by atoms with van der Waals surface area (Å²) in [6.07, 6.45) is 7.66. The highest BCUT2D eigenvalue weighted by atomic mass is 32.2. The number of nitroso groups, excluding NO2 is 1. The first-order valence-corrected chi connectivity index (χ1v) is 9.34. The molecule has 0 spiro atoms. The molecule has 0 amide bonds. The number of allylic oxidation sites excluding steroid dienone is 1. The van der Waals surface area contributed by atoms with Crippen LogP contribution in [-0.4, -0.2) is 33.0 Å². The molecule has 0 aromatic heterocycles. The van der Waals surface area contributed by atoms with E-state index in [1.54, 1.807) is 11.8 Å². The van der Waals surface area contributed by atoms with Gasteiger partial charge in [-0.05, 0) is 42.5 Å². The number of benzene rings is 1. The van der Waals surface area contributed by atoms with Gasteiger partial charge in [-0.25, -0.2) is 5.01 Å². The molecular weight excluding hydrogens is 340 g/mol. The number of hydrogen-bond donors (Lipinski definition) is 3. The third-order valence-corrected chi connectivity index (χ3v) is 5.58. The molecule has 1 saturated carbocycles. The molecule has 0 radical (unpaired) electrons. The van der Waals surface area contributed by atoms with Crippen molar-refractivity contribution >= 4 is 23.7 Å². The third-order valence-electron chi connectivity index (χ3n) is 4.51. The predicted octanol–water partition coefficient (Wildman–Crippen LogP) is 3.95. The number of phenolic OH excluding ortho intramolecular Hbond substituents is 2. The fourth-order valence-electron chi connectivity index (χ4n) is 3.10. The summed E-state index contributed by atoms with van der Waals surface area (Å²) in [5.41, 5.74) is 0.973. The molecule has 3 N–H and O–H groups in total. The van der Waals surface area contributed by atoms with Crippen molar-refractivity contribution in [1.82, 2.24) is 10.3 Å². The molecule has 7 nitrogen and oxygen atoms in total. The average molecular weight is 362 g/mol. The van der Waals surface area contributed by atoms with Gasteiger partial charge in [0.2, 0.25) is 0 Å². The molecular formula is C17H22N4O3S. The number of nitrogens with one attached hydrogen (secondary N) is 1. The van der Waals surface area contributed by atoms with Gasteiger partial charge in [-0.15, -0.1) is 4.91 Å². The van der Waals surface area contributed by atoms with Gasteiger partial charge in [0, 0.05) is 17.3 Å². The Morgan fingerprint density at radius 3 is 2.76 bits per heavy atom. The predicted molar refractivity (Wildman–Crippen MR) is 99.8 cm³/mol. The largest absolute Gasteiger partial charge is 0.505 e. The summed E-state index contributed by atoms with van der Waals surface area (Å²) in [6.45, 7) is 1.97. The van der Waals surface area contributed by atoms with Crippen molar-refractivity contribution in [3.63, 3.8) is 0 Å². The van der Waals surface area contributed by atoms with Gasteiger partial charge in [-0.2, -0.15) is 5.10 Å². The topological polar surface area (TPSA) is 97.5 Å². The standard InChI is InChI=1S/C17H22N4O3S/c1-11-10-25-17(19-13-5-3-2-4-6-13)21(11)18-9-12-7-8-14(22)15(20-24)16(12)23/h7-10,13,17,19,22-23H,2-6H2,1H3/b18-9+. The smallest absolute Gasteiger partial charge is 0.191 e. The SMILES string of the molecule is CC1=CSC(NC2CCCCC2)N1/N=C/c1ccc(O)c(N=O)c1O. The maximum Gasteiger partial charge on any atom is 0.191 e. The third kappa shape index (κ3) is 3.96. The van der Waals surface area contributed by atoms with E-state index in [9.17, 15) is 15.1 Å². The summed E-state index contributed by atoms with van der Waals surface area (Å²) in [4.78, 5) is 10.7. The van der Waals surface area contributed by atoms with Gasteiger partial charge >= 0.3 is 0 Å². The summed E-state index contributed by atoms with van der Waals surface area (Å²) < 4.78 is 0. The zero-order chi connectivity index (χ0) is 17.8. The quantitative estimate of drug-likeness (QED) is 0.542. The molecule has 1 aliphatic heterocycles. The fraction of sp³-hybridized carbons (Fsp3) is 0.471. The van der Waals surface area contributed by atoms with Crippen molar-refractivity contribution in [2.24, 2.45) is 10.3 Å². The Balaban J connectivity index is 1.74.